The van der Waals surface area contributed by atoms with Gasteiger partial charge in [0, 0.05) is 24.7 Å². The molecule has 1 fully saturated rings. The van der Waals surface area contributed by atoms with Crippen molar-refractivity contribution >= 4 is 11.6 Å². The number of benzene rings is 1. The summed E-state index contributed by atoms with van der Waals surface area (Å²) in [6, 6.07) is 8.74. The van der Waals surface area contributed by atoms with Crippen LogP contribution in [0.2, 0.25) is 0 Å². The highest BCUT2D eigenvalue weighted by atomic mass is 16.1. The van der Waals surface area contributed by atoms with Gasteiger partial charge in [-0.2, -0.15) is 0 Å². The Morgan fingerprint density at radius 1 is 1.35 bits per heavy atom. The number of anilines is 1. The van der Waals surface area contributed by atoms with E-state index in [9.17, 15) is 4.79 Å². The Kier molecular flexibility index (Phi) is 4.02. The molecule has 1 heterocycles. The molecule has 1 aliphatic rings. The van der Waals surface area contributed by atoms with Gasteiger partial charge >= 0.3 is 0 Å². The molecule has 0 spiro atoms. The molecule has 17 heavy (non-hydrogen) atoms. The summed E-state index contributed by atoms with van der Waals surface area (Å²) in [5, 5.41) is 6.34. The fourth-order valence-electron chi connectivity index (χ4n) is 2.17. The fraction of sp³-hybridized carbons (Fsp3) is 0.500. The third kappa shape index (κ3) is 3.48. The zero-order valence-electron chi connectivity index (χ0n) is 10.3. The maximum Gasteiger partial charge on any atom is 0.222 e. The number of hydrogen-bond donors (Lipinski definition) is 2. The third-order valence-electron chi connectivity index (χ3n) is 3.22. The molecule has 2 rings (SSSR count). The van der Waals surface area contributed by atoms with Crippen molar-refractivity contribution < 1.29 is 4.79 Å². The standard InChI is InChI=1S/C14H20N2O/c1-2-11-5-7-12(8-6-11)16-13-4-3-9-15-14(17)10-13/h5-8,13,16H,2-4,9-10H2,1H3,(H,15,17). The summed E-state index contributed by atoms with van der Waals surface area (Å²) in [6.07, 6.45) is 3.74. The van der Waals surface area contributed by atoms with Gasteiger partial charge in [0.1, 0.15) is 0 Å². The van der Waals surface area contributed by atoms with Crippen LogP contribution in [0.15, 0.2) is 24.3 Å². The predicted molar refractivity (Wildman–Crippen MR) is 70.1 cm³/mol. The van der Waals surface area contributed by atoms with E-state index < -0.39 is 0 Å². The molecule has 1 amide bonds. The maximum atomic E-state index is 11.4. The normalized spacial score (nSPS) is 20.5. The van der Waals surface area contributed by atoms with Gasteiger partial charge in [0.2, 0.25) is 5.91 Å². The van der Waals surface area contributed by atoms with E-state index >= 15 is 0 Å². The summed E-state index contributed by atoms with van der Waals surface area (Å²) < 4.78 is 0. The average molecular weight is 232 g/mol. The van der Waals surface area contributed by atoms with Crippen LogP contribution in [0.1, 0.15) is 31.7 Å². The first-order valence-corrected chi connectivity index (χ1v) is 6.40. The molecule has 1 saturated heterocycles. The number of carbonyl (C=O) groups excluding carboxylic acids is 1. The molecule has 1 aromatic rings. The minimum atomic E-state index is 0.158. The van der Waals surface area contributed by atoms with Crippen molar-refractivity contribution in [1.29, 1.82) is 0 Å². The van der Waals surface area contributed by atoms with Crippen molar-refractivity contribution in [2.24, 2.45) is 0 Å². The first kappa shape index (κ1) is 12.0. The highest BCUT2D eigenvalue weighted by molar-refractivity contribution is 5.77. The summed E-state index contributed by atoms with van der Waals surface area (Å²) in [6.45, 7) is 2.96. The Hall–Kier alpha value is -1.51. The van der Waals surface area contributed by atoms with Crippen LogP contribution in [0.5, 0.6) is 0 Å². The Morgan fingerprint density at radius 3 is 2.82 bits per heavy atom. The van der Waals surface area contributed by atoms with Crippen molar-refractivity contribution in [3.05, 3.63) is 29.8 Å². The van der Waals surface area contributed by atoms with Gasteiger partial charge in [-0.05, 0) is 37.0 Å². The summed E-state index contributed by atoms with van der Waals surface area (Å²) in [5.41, 5.74) is 2.45. The van der Waals surface area contributed by atoms with E-state index in [-0.39, 0.29) is 11.9 Å². The van der Waals surface area contributed by atoms with Crippen LogP contribution < -0.4 is 10.6 Å². The maximum absolute atomic E-state index is 11.4. The molecule has 3 nitrogen and oxygen atoms in total. The molecule has 92 valence electrons. The smallest absolute Gasteiger partial charge is 0.222 e. The minimum Gasteiger partial charge on any atom is -0.382 e. The van der Waals surface area contributed by atoms with Gasteiger partial charge in [-0.15, -0.1) is 0 Å². The Bertz CT molecular complexity index is 372. The van der Waals surface area contributed by atoms with Gasteiger partial charge in [0.25, 0.3) is 0 Å². The van der Waals surface area contributed by atoms with Crippen molar-refractivity contribution in [3.8, 4) is 0 Å². The lowest BCUT2D eigenvalue weighted by molar-refractivity contribution is -0.120. The quantitative estimate of drug-likeness (QED) is 0.839. The van der Waals surface area contributed by atoms with E-state index in [1.807, 2.05) is 0 Å². The Morgan fingerprint density at radius 2 is 2.12 bits per heavy atom. The number of aryl methyl sites for hydroxylation is 1. The lowest BCUT2D eigenvalue weighted by Crippen LogP contribution is -2.26. The van der Waals surface area contributed by atoms with Crippen LogP contribution in [0.25, 0.3) is 0 Å². The molecule has 0 radical (unpaired) electrons. The lowest BCUT2D eigenvalue weighted by Gasteiger charge is -2.16. The molecule has 1 aliphatic heterocycles. The molecular formula is C14H20N2O. The van der Waals surface area contributed by atoms with Crippen molar-refractivity contribution in [1.82, 2.24) is 5.32 Å². The van der Waals surface area contributed by atoms with Gasteiger partial charge in [0.15, 0.2) is 0 Å². The molecular weight excluding hydrogens is 212 g/mol. The van der Waals surface area contributed by atoms with Crippen LogP contribution in [-0.4, -0.2) is 18.5 Å². The van der Waals surface area contributed by atoms with Crippen LogP contribution in [0.3, 0.4) is 0 Å². The fourth-order valence-corrected chi connectivity index (χ4v) is 2.17. The Balaban J connectivity index is 1.96. The number of amides is 1. The predicted octanol–water partition coefficient (Wildman–Crippen LogP) is 2.33. The highest BCUT2D eigenvalue weighted by Gasteiger charge is 2.16. The van der Waals surface area contributed by atoms with Gasteiger partial charge in [-0.3, -0.25) is 4.79 Å². The minimum absolute atomic E-state index is 0.158. The topological polar surface area (TPSA) is 41.1 Å². The van der Waals surface area contributed by atoms with Crippen molar-refractivity contribution in [3.63, 3.8) is 0 Å². The van der Waals surface area contributed by atoms with Gasteiger partial charge < -0.3 is 10.6 Å². The molecule has 0 aliphatic carbocycles. The van der Waals surface area contributed by atoms with E-state index in [4.69, 9.17) is 0 Å². The van der Waals surface area contributed by atoms with Crippen molar-refractivity contribution in [2.75, 3.05) is 11.9 Å². The molecule has 0 aromatic heterocycles. The lowest BCUT2D eigenvalue weighted by atomic mass is 10.1. The zero-order chi connectivity index (χ0) is 12.1. The van der Waals surface area contributed by atoms with Crippen LogP contribution >= 0.6 is 0 Å². The number of rotatable bonds is 3. The first-order valence-electron chi connectivity index (χ1n) is 6.40. The largest absolute Gasteiger partial charge is 0.382 e. The second-order valence-electron chi connectivity index (χ2n) is 4.59. The van der Waals surface area contributed by atoms with Gasteiger partial charge in [0.05, 0.1) is 0 Å². The number of nitrogens with one attached hydrogen (secondary N) is 2. The molecule has 1 aromatic carbocycles. The Labute approximate surface area is 103 Å². The van der Waals surface area contributed by atoms with E-state index in [0.717, 1.165) is 31.5 Å². The van der Waals surface area contributed by atoms with E-state index in [1.165, 1.54) is 5.56 Å². The van der Waals surface area contributed by atoms with Crippen LogP contribution in [0, 0.1) is 0 Å². The zero-order valence-corrected chi connectivity index (χ0v) is 10.3. The molecule has 3 heteroatoms. The monoisotopic (exact) mass is 232 g/mol. The second-order valence-corrected chi connectivity index (χ2v) is 4.59. The van der Waals surface area contributed by atoms with E-state index in [0.29, 0.717) is 6.42 Å². The van der Waals surface area contributed by atoms with Gasteiger partial charge in [-0.1, -0.05) is 19.1 Å². The van der Waals surface area contributed by atoms with Crippen molar-refractivity contribution in [2.45, 2.75) is 38.6 Å². The van der Waals surface area contributed by atoms with E-state index in [1.54, 1.807) is 0 Å². The van der Waals surface area contributed by atoms with Crippen LogP contribution in [0.4, 0.5) is 5.69 Å². The van der Waals surface area contributed by atoms with Gasteiger partial charge in [-0.25, -0.2) is 0 Å². The molecule has 1 atom stereocenters. The molecule has 0 saturated carbocycles. The molecule has 1 unspecified atom stereocenters. The average Bonchev–Trinajstić information content (AvgIpc) is 2.55. The summed E-state index contributed by atoms with van der Waals surface area (Å²) in [4.78, 5) is 11.4. The molecule has 0 bridgehead atoms. The number of carbonyl (C=O) groups is 1. The highest BCUT2D eigenvalue weighted by Crippen LogP contribution is 2.15. The summed E-state index contributed by atoms with van der Waals surface area (Å²) >= 11 is 0. The van der Waals surface area contributed by atoms with E-state index in [2.05, 4.69) is 41.8 Å². The second kappa shape index (κ2) is 5.71. The summed E-state index contributed by atoms with van der Waals surface area (Å²) in [7, 11) is 0. The third-order valence-corrected chi connectivity index (χ3v) is 3.22. The molecule has 2 N–H and O–H groups in total. The number of hydrogen-bond acceptors (Lipinski definition) is 2. The SMILES string of the molecule is CCc1ccc(NC2CCCNC(=O)C2)cc1. The first-order chi connectivity index (χ1) is 8.28. The van der Waals surface area contributed by atoms with Crippen LogP contribution in [-0.2, 0) is 11.2 Å². The summed E-state index contributed by atoms with van der Waals surface area (Å²) in [5.74, 6) is 0.158.